The molecule has 0 aliphatic heterocycles. The second kappa shape index (κ2) is 6.11. The second-order valence-corrected chi connectivity index (χ2v) is 4.92. The summed E-state index contributed by atoms with van der Waals surface area (Å²) in [4.78, 5) is 0. The van der Waals surface area contributed by atoms with Crippen LogP contribution in [0.1, 0.15) is 11.1 Å². The maximum absolute atomic E-state index is 5.55. The van der Waals surface area contributed by atoms with Crippen molar-refractivity contribution in [1.82, 2.24) is 9.78 Å². The van der Waals surface area contributed by atoms with Crippen LogP contribution < -0.4 is 0 Å². The summed E-state index contributed by atoms with van der Waals surface area (Å²) in [6, 6.07) is 18.4. The molecule has 3 rings (SSSR count). The van der Waals surface area contributed by atoms with E-state index in [1.165, 1.54) is 5.56 Å². The van der Waals surface area contributed by atoms with E-state index in [0.29, 0.717) is 0 Å². The maximum atomic E-state index is 5.55. The number of benzene rings is 2. The van der Waals surface area contributed by atoms with Crippen molar-refractivity contribution in [2.75, 3.05) is 0 Å². The van der Waals surface area contributed by atoms with Crippen LogP contribution in [0.4, 0.5) is 0 Å². The molecule has 0 saturated carbocycles. The number of aromatic nitrogens is 2. The highest BCUT2D eigenvalue weighted by molar-refractivity contribution is 5.69. The van der Waals surface area contributed by atoms with Gasteiger partial charge in [-0.1, -0.05) is 54.5 Å². The third-order valence-corrected chi connectivity index (χ3v) is 3.50. The lowest BCUT2D eigenvalue weighted by Gasteiger charge is -2.02. The molecule has 1 heterocycles. The first-order valence-corrected chi connectivity index (χ1v) is 6.99. The lowest BCUT2D eigenvalue weighted by Crippen LogP contribution is -2.01. The van der Waals surface area contributed by atoms with Crippen molar-refractivity contribution in [2.45, 2.75) is 13.0 Å². The molecule has 0 amide bonds. The highest BCUT2D eigenvalue weighted by Crippen LogP contribution is 2.22. The molecular weight excluding hydrogens is 256 g/mol. The third-order valence-electron chi connectivity index (χ3n) is 3.50. The monoisotopic (exact) mass is 272 g/mol. The summed E-state index contributed by atoms with van der Waals surface area (Å²) >= 11 is 0. The standard InChI is InChI=1S/C19H16N2/c1-2-17-10-6-7-11-19(17)18-14-20-21(15-18)13-12-16-8-4-3-5-9-16/h1,3-11,14-15H,12-13H2. The molecule has 21 heavy (non-hydrogen) atoms. The molecule has 0 aliphatic rings. The summed E-state index contributed by atoms with van der Waals surface area (Å²) in [6.07, 6.45) is 10.5. The molecule has 0 radical (unpaired) electrons. The van der Waals surface area contributed by atoms with Crippen molar-refractivity contribution < 1.29 is 0 Å². The van der Waals surface area contributed by atoms with Gasteiger partial charge in [-0.25, -0.2) is 0 Å². The van der Waals surface area contributed by atoms with Crippen LogP contribution in [0.2, 0.25) is 0 Å². The van der Waals surface area contributed by atoms with Crippen LogP contribution in [0.25, 0.3) is 11.1 Å². The molecule has 0 bridgehead atoms. The maximum Gasteiger partial charge on any atom is 0.0568 e. The normalized spacial score (nSPS) is 10.2. The van der Waals surface area contributed by atoms with Gasteiger partial charge in [-0.05, 0) is 18.1 Å². The lowest BCUT2D eigenvalue weighted by molar-refractivity contribution is 0.615. The van der Waals surface area contributed by atoms with Gasteiger partial charge in [0.25, 0.3) is 0 Å². The highest BCUT2D eigenvalue weighted by Gasteiger charge is 2.05. The SMILES string of the molecule is C#Cc1ccccc1-c1cnn(CCc2ccccc2)c1. The molecule has 1 aromatic heterocycles. The number of rotatable bonds is 4. The Hall–Kier alpha value is -2.79. The second-order valence-electron chi connectivity index (χ2n) is 4.92. The molecule has 2 aromatic carbocycles. The highest BCUT2D eigenvalue weighted by atomic mass is 15.3. The molecule has 102 valence electrons. The fourth-order valence-electron chi connectivity index (χ4n) is 2.37. The number of hydrogen-bond donors (Lipinski definition) is 0. The third kappa shape index (κ3) is 3.04. The van der Waals surface area contributed by atoms with Crippen LogP contribution in [0.15, 0.2) is 67.0 Å². The summed E-state index contributed by atoms with van der Waals surface area (Å²) in [6.45, 7) is 0.863. The molecule has 0 fully saturated rings. The van der Waals surface area contributed by atoms with Gasteiger partial charge >= 0.3 is 0 Å². The number of terminal acetylenes is 1. The van der Waals surface area contributed by atoms with E-state index in [-0.39, 0.29) is 0 Å². The Labute approximate surface area is 125 Å². The summed E-state index contributed by atoms with van der Waals surface area (Å²) in [5.74, 6) is 2.72. The Morgan fingerprint density at radius 2 is 1.76 bits per heavy atom. The summed E-state index contributed by atoms with van der Waals surface area (Å²) in [7, 11) is 0. The minimum absolute atomic E-state index is 0.863. The van der Waals surface area contributed by atoms with Crippen molar-refractivity contribution in [3.8, 4) is 23.5 Å². The molecule has 0 unspecified atom stereocenters. The van der Waals surface area contributed by atoms with Crippen LogP contribution in [-0.4, -0.2) is 9.78 Å². The first kappa shape index (κ1) is 13.2. The van der Waals surface area contributed by atoms with Crippen molar-refractivity contribution in [2.24, 2.45) is 0 Å². The molecule has 0 aliphatic carbocycles. The smallest absolute Gasteiger partial charge is 0.0568 e. The Morgan fingerprint density at radius 3 is 2.57 bits per heavy atom. The Balaban J connectivity index is 1.76. The zero-order chi connectivity index (χ0) is 14.5. The largest absolute Gasteiger partial charge is 0.272 e. The Bertz CT molecular complexity index is 764. The van der Waals surface area contributed by atoms with E-state index in [9.17, 15) is 0 Å². The fraction of sp³-hybridized carbons (Fsp3) is 0.105. The van der Waals surface area contributed by atoms with E-state index < -0.39 is 0 Å². The van der Waals surface area contributed by atoms with Crippen LogP contribution >= 0.6 is 0 Å². The van der Waals surface area contributed by atoms with Crippen molar-refractivity contribution in [3.05, 3.63) is 78.1 Å². The molecular formula is C19H16N2. The van der Waals surface area contributed by atoms with E-state index in [1.54, 1.807) is 0 Å². The van der Waals surface area contributed by atoms with E-state index in [4.69, 9.17) is 6.42 Å². The van der Waals surface area contributed by atoms with Gasteiger partial charge in [0.2, 0.25) is 0 Å². The minimum atomic E-state index is 0.863. The van der Waals surface area contributed by atoms with E-state index >= 15 is 0 Å². The van der Waals surface area contributed by atoms with Gasteiger partial charge in [0, 0.05) is 29.4 Å². The van der Waals surface area contributed by atoms with Gasteiger partial charge in [-0.15, -0.1) is 6.42 Å². The zero-order valence-electron chi connectivity index (χ0n) is 11.7. The molecule has 0 spiro atoms. The molecule has 2 nitrogen and oxygen atoms in total. The number of nitrogens with zero attached hydrogens (tertiary/aromatic N) is 2. The van der Waals surface area contributed by atoms with E-state index in [1.807, 2.05) is 41.2 Å². The van der Waals surface area contributed by atoms with Gasteiger partial charge < -0.3 is 0 Å². The van der Waals surface area contributed by atoms with Gasteiger partial charge in [-0.2, -0.15) is 5.10 Å². The predicted molar refractivity (Wildman–Crippen MR) is 85.7 cm³/mol. The van der Waals surface area contributed by atoms with Crippen LogP contribution in [-0.2, 0) is 13.0 Å². The topological polar surface area (TPSA) is 17.8 Å². The van der Waals surface area contributed by atoms with Crippen LogP contribution in [0.5, 0.6) is 0 Å². The summed E-state index contributed by atoms with van der Waals surface area (Å²) in [5, 5.41) is 4.43. The molecule has 0 atom stereocenters. The first-order chi connectivity index (χ1) is 10.4. The molecule has 0 N–H and O–H groups in total. The van der Waals surface area contributed by atoms with Crippen molar-refractivity contribution in [1.29, 1.82) is 0 Å². The fourth-order valence-corrected chi connectivity index (χ4v) is 2.37. The average molecular weight is 272 g/mol. The van der Waals surface area contributed by atoms with E-state index in [0.717, 1.165) is 29.7 Å². The number of aryl methyl sites for hydroxylation is 2. The van der Waals surface area contributed by atoms with Crippen LogP contribution in [0.3, 0.4) is 0 Å². The Morgan fingerprint density at radius 1 is 1.00 bits per heavy atom. The molecule has 3 aromatic rings. The molecule has 0 saturated heterocycles. The van der Waals surface area contributed by atoms with Gasteiger partial charge in [0.05, 0.1) is 6.20 Å². The Kier molecular flexibility index (Phi) is 3.84. The minimum Gasteiger partial charge on any atom is -0.272 e. The lowest BCUT2D eigenvalue weighted by atomic mass is 10.0. The van der Waals surface area contributed by atoms with Gasteiger partial charge in [0.1, 0.15) is 0 Å². The first-order valence-electron chi connectivity index (χ1n) is 6.99. The summed E-state index contributed by atoms with van der Waals surface area (Å²) < 4.78 is 1.97. The van der Waals surface area contributed by atoms with Gasteiger partial charge in [-0.3, -0.25) is 4.68 Å². The van der Waals surface area contributed by atoms with Gasteiger partial charge in [0.15, 0.2) is 0 Å². The molecule has 2 heteroatoms. The summed E-state index contributed by atoms with van der Waals surface area (Å²) in [5.41, 5.74) is 4.35. The van der Waals surface area contributed by atoms with Crippen molar-refractivity contribution in [3.63, 3.8) is 0 Å². The zero-order valence-corrected chi connectivity index (χ0v) is 11.7. The van der Waals surface area contributed by atoms with Crippen LogP contribution in [0, 0.1) is 12.3 Å². The quantitative estimate of drug-likeness (QED) is 0.661. The number of hydrogen-bond acceptors (Lipinski definition) is 1. The predicted octanol–water partition coefficient (Wildman–Crippen LogP) is 3.77. The van der Waals surface area contributed by atoms with E-state index in [2.05, 4.69) is 41.5 Å². The average Bonchev–Trinajstić information content (AvgIpc) is 3.02. The van der Waals surface area contributed by atoms with Crippen molar-refractivity contribution >= 4 is 0 Å².